The molecule has 6 nitrogen and oxygen atoms in total. The van der Waals surface area contributed by atoms with E-state index in [4.69, 9.17) is 0 Å². The summed E-state index contributed by atoms with van der Waals surface area (Å²) in [6.07, 6.45) is 3.03. The van der Waals surface area contributed by atoms with Gasteiger partial charge in [0.05, 0.1) is 0 Å². The molecule has 2 aliphatic heterocycles. The van der Waals surface area contributed by atoms with Crippen LogP contribution in [0.15, 0.2) is 30.3 Å². The molecule has 1 atom stereocenters. The molecule has 1 aromatic carbocycles. The van der Waals surface area contributed by atoms with Crippen LogP contribution in [-0.4, -0.2) is 63.2 Å². The van der Waals surface area contributed by atoms with Gasteiger partial charge in [0.2, 0.25) is 5.91 Å². The summed E-state index contributed by atoms with van der Waals surface area (Å²) >= 11 is 0. The van der Waals surface area contributed by atoms with Gasteiger partial charge >= 0.3 is 0 Å². The lowest BCUT2D eigenvalue weighted by Gasteiger charge is -2.20. The van der Waals surface area contributed by atoms with E-state index in [-0.39, 0.29) is 11.8 Å². The minimum absolute atomic E-state index is 0.0624. The largest absolute Gasteiger partial charge is 0.342 e. The molecule has 0 bridgehead atoms. The molecule has 6 heteroatoms. The van der Waals surface area contributed by atoms with E-state index in [9.17, 15) is 4.79 Å². The molecule has 150 valence electrons. The lowest BCUT2D eigenvalue weighted by molar-refractivity contribution is -0.133. The summed E-state index contributed by atoms with van der Waals surface area (Å²) in [7, 11) is 0. The zero-order valence-corrected chi connectivity index (χ0v) is 17.0. The standard InChI is InChI=1S/C22H31N5O/c1-17(2)22(28)26-13-9-19(16-26)21-24-23-20-10-12-25(14-15-27(20)21)11-8-18-6-4-3-5-7-18/h3-7,17,19H,8-16H2,1-2H3. The number of nitrogens with zero attached hydrogens (tertiary/aromatic N) is 5. The Bertz CT molecular complexity index is 801. The van der Waals surface area contributed by atoms with Crippen LogP contribution in [0.5, 0.6) is 0 Å². The monoisotopic (exact) mass is 381 g/mol. The SMILES string of the molecule is CC(C)C(=O)N1CCC(c2nnc3n2CCN(CCc2ccccc2)CC3)C1. The summed E-state index contributed by atoms with van der Waals surface area (Å²) in [6, 6.07) is 10.7. The minimum Gasteiger partial charge on any atom is -0.342 e. The summed E-state index contributed by atoms with van der Waals surface area (Å²) in [5.41, 5.74) is 1.40. The van der Waals surface area contributed by atoms with Crippen LogP contribution in [0.1, 0.15) is 43.4 Å². The van der Waals surface area contributed by atoms with Gasteiger partial charge in [0.25, 0.3) is 0 Å². The van der Waals surface area contributed by atoms with Crippen molar-refractivity contribution in [3.63, 3.8) is 0 Å². The van der Waals surface area contributed by atoms with Crippen molar-refractivity contribution < 1.29 is 4.79 Å². The second-order valence-electron chi connectivity index (χ2n) is 8.38. The first-order chi connectivity index (χ1) is 13.6. The van der Waals surface area contributed by atoms with Crippen LogP contribution in [0.4, 0.5) is 0 Å². The third kappa shape index (κ3) is 4.12. The maximum atomic E-state index is 12.3. The van der Waals surface area contributed by atoms with E-state index in [2.05, 4.69) is 50.0 Å². The van der Waals surface area contributed by atoms with E-state index in [1.54, 1.807) is 0 Å². The Morgan fingerprint density at radius 1 is 1.11 bits per heavy atom. The van der Waals surface area contributed by atoms with Crippen molar-refractivity contribution in [3.05, 3.63) is 47.5 Å². The number of carbonyl (C=O) groups excluding carboxylic acids is 1. The molecule has 1 aromatic heterocycles. The zero-order chi connectivity index (χ0) is 19.5. The molecule has 0 N–H and O–H groups in total. The molecule has 28 heavy (non-hydrogen) atoms. The second-order valence-corrected chi connectivity index (χ2v) is 8.38. The average Bonchev–Trinajstić information content (AvgIpc) is 3.30. The number of aromatic nitrogens is 3. The maximum absolute atomic E-state index is 12.3. The molecular formula is C22H31N5O. The molecule has 0 radical (unpaired) electrons. The summed E-state index contributed by atoms with van der Waals surface area (Å²) in [6.45, 7) is 9.67. The Morgan fingerprint density at radius 2 is 1.93 bits per heavy atom. The average molecular weight is 382 g/mol. The quantitative estimate of drug-likeness (QED) is 0.798. The van der Waals surface area contributed by atoms with E-state index < -0.39 is 0 Å². The molecule has 2 aromatic rings. The number of likely N-dealkylation sites (tertiary alicyclic amines) is 1. The molecule has 0 spiro atoms. The molecular weight excluding hydrogens is 350 g/mol. The van der Waals surface area contributed by atoms with Gasteiger partial charge in [-0.05, 0) is 18.4 Å². The molecule has 2 aliphatic rings. The van der Waals surface area contributed by atoms with Gasteiger partial charge in [-0.1, -0.05) is 44.2 Å². The van der Waals surface area contributed by atoms with Crippen molar-refractivity contribution in [2.75, 3.05) is 32.7 Å². The van der Waals surface area contributed by atoms with Gasteiger partial charge < -0.3 is 14.4 Å². The van der Waals surface area contributed by atoms with Gasteiger partial charge in [-0.25, -0.2) is 0 Å². The maximum Gasteiger partial charge on any atom is 0.225 e. The lowest BCUT2D eigenvalue weighted by atomic mass is 10.1. The summed E-state index contributed by atoms with van der Waals surface area (Å²) in [5, 5.41) is 9.04. The number of carbonyl (C=O) groups is 1. The summed E-state index contributed by atoms with van der Waals surface area (Å²) in [5.74, 6) is 2.82. The van der Waals surface area contributed by atoms with Gasteiger partial charge in [-0.2, -0.15) is 0 Å². The normalized spacial score (nSPS) is 20.4. The highest BCUT2D eigenvalue weighted by Gasteiger charge is 2.32. The van der Waals surface area contributed by atoms with Crippen LogP contribution in [0, 0.1) is 5.92 Å². The molecule has 1 amide bonds. The van der Waals surface area contributed by atoms with Gasteiger partial charge in [-0.3, -0.25) is 4.79 Å². The van der Waals surface area contributed by atoms with Crippen LogP contribution in [0.25, 0.3) is 0 Å². The highest BCUT2D eigenvalue weighted by molar-refractivity contribution is 5.78. The van der Waals surface area contributed by atoms with E-state index >= 15 is 0 Å². The first kappa shape index (κ1) is 19.1. The lowest BCUT2D eigenvalue weighted by Crippen LogP contribution is -2.32. The van der Waals surface area contributed by atoms with Crippen molar-refractivity contribution in [2.24, 2.45) is 5.92 Å². The number of rotatable bonds is 5. The van der Waals surface area contributed by atoms with Crippen LogP contribution in [-0.2, 0) is 24.2 Å². The molecule has 0 aliphatic carbocycles. The Labute approximate surface area is 167 Å². The van der Waals surface area contributed by atoms with Crippen molar-refractivity contribution in [3.8, 4) is 0 Å². The molecule has 4 rings (SSSR count). The zero-order valence-electron chi connectivity index (χ0n) is 17.0. The Kier molecular flexibility index (Phi) is 5.76. The van der Waals surface area contributed by atoms with Gasteiger partial charge in [0, 0.05) is 57.5 Å². The minimum atomic E-state index is 0.0624. The fourth-order valence-electron chi connectivity index (χ4n) is 4.38. The van der Waals surface area contributed by atoms with Crippen molar-refractivity contribution >= 4 is 5.91 Å². The van der Waals surface area contributed by atoms with Crippen molar-refractivity contribution in [1.82, 2.24) is 24.6 Å². The van der Waals surface area contributed by atoms with E-state index in [0.717, 1.165) is 70.2 Å². The van der Waals surface area contributed by atoms with Crippen LogP contribution in [0.2, 0.25) is 0 Å². The van der Waals surface area contributed by atoms with Crippen molar-refractivity contribution in [2.45, 2.75) is 45.6 Å². The fraction of sp³-hybridized carbons (Fsp3) is 0.591. The highest BCUT2D eigenvalue weighted by atomic mass is 16.2. The van der Waals surface area contributed by atoms with E-state index in [0.29, 0.717) is 5.92 Å². The predicted molar refractivity (Wildman–Crippen MR) is 109 cm³/mol. The van der Waals surface area contributed by atoms with Crippen LogP contribution >= 0.6 is 0 Å². The van der Waals surface area contributed by atoms with Crippen LogP contribution < -0.4 is 0 Å². The fourth-order valence-corrected chi connectivity index (χ4v) is 4.38. The number of hydrogen-bond donors (Lipinski definition) is 0. The third-order valence-electron chi connectivity index (χ3n) is 6.07. The number of amides is 1. The van der Waals surface area contributed by atoms with Gasteiger partial charge in [0.1, 0.15) is 11.6 Å². The highest BCUT2D eigenvalue weighted by Crippen LogP contribution is 2.28. The Hall–Kier alpha value is -2.21. The van der Waals surface area contributed by atoms with Crippen LogP contribution in [0.3, 0.4) is 0 Å². The summed E-state index contributed by atoms with van der Waals surface area (Å²) < 4.78 is 2.33. The number of fused-ring (bicyclic) bond motifs is 1. The molecule has 1 unspecified atom stereocenters. The first-order valence-corrected chi connectivity index (χ1v) is 10.6. The Morgan fingerprint density at radius 3 is 2.71 bits per heavy atom. The van der Waals surface area contributed by atoms with Gasteiger partial charge in [0.15, 0.2) is 0 Å². The Balaban J connectivity index is 1.37. The summed E-state index contributed by atoms with van der Waals surface area (Å²) in [4.78, 5) is 16.8. The van der Waals surface area contributed by atoms with E-state index in [1.807, 2.05) is 18.7 Å². The van der Waals surface area contributed by atoms with Gasteiger partial charge in [-0.15, -0.1) is 10.2 Å². The number of hydrogen-bond acceptors (Lipinski definition) is 4. The number of benzene rings is 1. The van der Waals surface area contributed by atoms with Crippen molar-refractivity contribution in [1.29, 1.82) is 0 Å². The predicted octanol–water partition coefficient (Wildman–Crippen LogP) is 2.35. The molecule has 1 fully saturated rings. The smallest absolute Gasteiger partial charge is 0.225 e. The first-order valence-electron chi connectivity index (χ1n) is 10.6. The van der Waals surface area contributed by atoms with E-state index in [1.165, 1.54) is 5.56 Å². The topological polar surface area (TPSA) is 54.3 Å². The molecule has 1 saturated heterocycles. The second kappa shape index (κ2) is 8.43. The third-order valence-corrected chi connectivity index (χ3v) is 6.07. The molecule has 3 heterocycles. The molecule has 0 saturated carbocycles.